The maximum atomic E-state index is 5.46. The van der Waals surface area contributed by atoms with Crippen LogP contribution in [0, 0.1) is 11.8 Å². The minimum Gasteiger partial charge on any atom is -0.385 e. The van der Waals surface area contributed by atoms with Crippen molar-refractivity contribution in [1.29, 1.82) is 0 Å². The molecule has 2 atom stereocenters. The van der Waals surface area contributed by atoms with Gasteiger partial charge in [-0.1, -0.05) is 0 Å². The van der Waals surface area contributed by atoms with Crippen molar-refractivity contribution in [2.75, 3.05) is 20.3 Å². The van der Waals surface area contributed by atoms with Crippen molar-refractivity contribution in [1.82, 2.24) is 0 Å². The molecule has 1 fully saturated rings. The fraction of sp³-hybridized carbons (Fsp3) is 1.00. The van der Waals surface area contributed by atoms with Crippen molar-refractivity contribution < 1.29 is 4.74 Å². The molecule has 0 heterocycles. The van der Waals surface area contributed by atoms with E-state index in [-0.39, 0.29) is 0 Å². The smallest absolute Gasteiger partial charge is 0.0465 e. The van der Waals surface area contributed by atoms with Crippen LogP contribution in [0.5, 0.6) is 0 Å². The van der Waals surface area contributed by atoms with Crippen LogP contribution in [-0.4, -0.2) is 20.3 Å². The van der Waals surface area contributed by atoms with Gasteiger partial charge in [0.25, 0.3) is 0 Å². The highest BCUT2D eigenvalue weighted by Crippen LogP contribution is 2.39. The zero-order valence-electron chi connectivity index (χ0n) is 5.97. The normalized spacial score (nSPS) is 32.7. The summed E-state index contributed by atoms with van der Waals surface area (Å²) in [5.74, 6) is 1.70. The van der Waals surface area contributed by atoms with Gasteiger partial charge in [0.15, 0.2) is 0 Å². The molecular formula is C7H15NO. The average Bonchev–Trinajstić information content (AvgIpc) is 2.62. The molecular weight excluding hydrogens is 114 g/mol. The molecule has 0 aromatic rings. The second-order valence-electron chi connectivity index (χ2n) is 2.77. The number of methoxy groups -OCH3 is 1. The molecule has 0 aromatic carbocycles. The summed E-state index contributed by atoms with van der Waals surface area (Å²) in [5, 5.41) is 0. The van der Waals surface area contributed by atoms with Gasteiger partial charge in [-0.05, 0) is 31.2 Å². The van der Waals surface area contributed by atoms with Crippen LogP contribution in [0.1, 0.15) is 12.8 Å². The Morgan fingerprint density at radius 2 is 2.33 bits per heavy atom. The molecule has 0 spiro atoms. The number of hydrogen-bond donors (Lipinski definition) is 1. The molecule has 0 saturated heterocycles. The average molecular weight is 129 g/mol. The minimum atomic E-state index is 0.820. The number of hydrogen-bond acceptors (Lipinski definition) is 2. The largest absolute Gasteiger partial charge is 0.385 e. The Labute approximate surface area is 56.4 Å². The van der Waals surface area contributed by atoms with Gasteiger partial charge in [-0.25, -0.2) is 0 Å². The summed E-state index contributed by atoms with van der Waals surface area (Å²) < 4.78 is 4.94. The summed E-state index contributed by atoms with van der Waals surface area (Å²) in [5.41, 5.74) is 5.46. The molecule has 0 aromatic heterocycles. The Bertz CT molecular complexity index is 85.0. The van der Waals surface area contributed by atoms with Crippen LogP contribution in [0.2, 0.25) is 0 Å². The zero-order chi connectivity index (χ0) is 6.69. The van der Waals surface area contributed by atoms with Crippen LogP contribution in [-0.2, 0) is 4.74 Å². The van der Waals surface area contributed by atoms with Crippen molar-refractivity contribution in [3.05, 3.63) is 0 Å². The van der Waals surface area contributed by atoms with Crippen molar-refractivity contribution in [2.45, 2.75) is 12.8 Å². The number of rotatable bonds is 4. The zero-order valence-corrected chi connectivity index (χ0v) is 5.97. The van der Waals surface area contributed by atoms with Crippen molar-refractivity contribution in [3.8, 4) is 0 Å². The van der Waals surface area contributed by atoms with Crippen molar-refractivity contribution >= 4 is 0 Å². The first-order valence-electron chi connectivity index (χ1n) is 3.57. The number of ether oxygens (including phenoxy) is 1. The van der Waals surface area contributed by atoms with Crippen LogP contribution >= 0.6 is 0 Å². The van der Waals surface area contributed by atoms with E-state index in [0.29, 0.717) is 0 Å². The third-order valence-electron chi connectivity index (χ3n) is 2.06. The van der Waals surface area contributed by atoms with Crippen LogP contribution in [0.4, 0.5) is 0 Å². The minimum absolute atomic E-state index is 0.820. The van der Waals surface area contributed by atoms with E-state index in [0.717, 1.165) is 25.0 Å². The summed E-state index contributed by atoms with van der Waals surface area (Å²) >= 11 is 0. The second-order valence-corrected chi connectivity index (χ2v) is 2.77. The van der Waals surface area contributed by atoms with Gasteiger partial charge in [0.05, 0.1) is 0 Å². The Hall–Kier alpha value is -0.0800. The monoisotopic (exact) mass is 129 g/mol. The lowest BCUT2D eigenvalue weighted by molar-refractivity contribution is 0.188. The molecule has 2 heteroatoms. The Morgan fingerprint density at radius 1 is 1.56 bits per heavy atom. The SMILES string of the molecule is COCCC1CC1CN. The molecule has 0 amide bonds. The van der Waals surface area contributed by atoms with E-state index in [1.54, 1.807) is 7.11 Å². The molecule has 0 aliphatic heterocycles. The van der Waals surface area contributed by atoms with E-state index in [4.69, 9.17) is 10.5 Å². The van der Waals surface area contributed by atoms with Crippen molar-refractivity contribution in [3.63, 3.8) is 0 Å². The Balaban J connectivity index is 1.92. The van der Waals surface area contributed by atoms with Crippen LogP contribution in [0.25, 0.3) is 0 Å². The molecule has 54 valence electrons. The first-order valence-corrected chi connectivity index (χ1v) is 3.57. The lowest BCUT2D eigenvalue weighted by Crippen LogP contribution is -2.03. The molecule has 1 rings (SSSR count). The second kappa shape index (κ2) is 3.18. The maximum absolute atomic E-state index is 5.46. The van der Waals surface area contributed by atoms with Gasteiger partial charge >= 0.3 is 0 Å². The van der Waals surface area contributed by atoms with Crippen LogP contribution in [0.3, 0.4) is 0 Å². The van der Waals surface area contributed by atoms with Crippen molar-refractivity contribution in [2.24, 2.45) is 17.6 Å². The fourth-order valence-electron chi connectivity index (χ4n) is 1.22. The van der Waals surface area contributed by atoms with Gasteiger partial charge < -0.3 is 10.5 Å². The van der Waals surface area contributed by atoms with Gasteiger partial charge in [0.1, 0.15) is 0 Å². The predicted octanol–water partition coefficient (Wildman–Crippen LogP) is 0.618. The van der Waals surface area contributed by atoms with E-state index in [9.17, 15) is 0 Å². The molecule has 2 unspecified atom stereocenters. The highest BCUT2D eigenvalue weighted by molar-refractivity contribution is 4.86. The summed E-state index contributed by atoms with van der Waals surface area (Å²) in [4.78, 5) is 0. The van der Waals surface area contributed by atoms with E-state index >= 15 is 0 Å². The maximum Gasteiger partial charge on any atom is 0.0465 e. The molecule has 0 bridgehead atoms. The first kappa shape index (κ1) is 7.03. The van der Waals surface area contributed by atoms with Gasteiger partial charge in [-0.15, -0.1) is 0 Å². The van der Waals surface area contributed by atoms with E-state index < -0.39 is 0 Å². The van der Waals surface area contributed by atoms with Gasteiger partial charge in [-0.3, -0.25) is 0 Å². The first-order chi connectivity index (χ1) is 4.38. The van der Waals surface area contributed by atoms with Gasteiger partial charge in [-0.2, -0.15) is 0 Å². The lowest BCUT2D eigenvalue weighted by Gasteiger charge is -1.95. The fourth-order valence-corrected chi connectivity index (χ4v) is 1.22. The summed E-state index contributed by atoms with van der Waals surface area (Å²) in [7, 11) is 1.75. The highest BCUT2D eigenvalue weighted by atomic mass is 16.5. The van der Waals surface area contributed by atoms with Crippen LogP contribution < -0.4 is 5.73 Å². The molecule has 1 aliphatic carbocycles. The Kier molecular flexibility index (Phi) is 2.49. The summed E-state index contributed by atoms with van der Waals surface area (Å²) in [6.45, 7) is 1.77. The molecule has 2 nitrogen and oxygen atoms in total. The molecule has 0 radical (unpaired) electrons. The van der Waals surface area contributed by atoms with Crippen LogP contribution in [0.15, 0.2) is 0 Å². The Morgan fingerprint density at radius 3 is 2.78 bits per heavy atom. The summed E-state index contributed by atoms with van der Waals surface area (Å²) in [6.07, 6.45) is 2.54. The number of nitrogens with two attached hydrogens (primary N) is 1. The summed E-state index contributed by atoms with van der Waals surface area (Å²) in [6, 6.07) is 0. The van der Waals surface area contributed by atoms with E-state index in [2.05, 4.69) is 0 Å². The highest BCUT2D eigenvalue weighted by Gasteiger charge is 2.34. The topological polar surface area (TPSA) is 35.2 Å². The third-order valence-corrected chi connectivity index (χ3v) is 2.06. The molecule has 2 N–H and O–H groups in total. The quantitative estimate of drug-likeness (QED) is 0.604. The standard InChI is InChI=1S/C7H15NO/c1-9-3-2-6-4-7(6)5-8/h6-7H,2-5,8H2,1H3. The van der Waals surface area contributed by atoms with E-state index in [1.165, 1.54) is 12.8 Å². The van der Waals surface area contributed by atoms with Gasteiger partial charge in [0, 0.05) is 13.7 Å². The lowest BCUT2D eigenvalue weighted by atomic mass is 10.2. The predicted molar refractivity (Wildman–Crippen MR) is 37.1 cm³/mol. The molecule has 9 heavy (non-hydrogen) atoms. The third kappa shape index (κ3) is 1.95. The van der Waals surface area contributed by atoms with E-state index in [1.807, 2.05) is 0 Å². The molecule has 1 aliphatic rings. The van der Waals surface area contributed by atoms with Gasteiger partial charge in [0.2, 0.25) is 0 Å². The molecule has 1 saturated carbocycles.